The van der Waals surface area contributed by atoms with E-state index in [9.17, 15) is 13.6 Å². The van der Waals surface area contributed by atoms with E-state index in [2.05, 4.69) is 4.74 Å². The maximum Gasteiger partial charge on any atom is 0.387 e. The van der Waals surface area contributed by atoms with E-state index in [0.29, 0.717) is 0 Å². The highest BCUT2D eigenvalue weighted by atomic mass is 35.5. The summed E-state index contributed by atoms with van der Waals surface area (Å²) in [5.41, 5.74) is 0.105. The number of carboxylic acids is 1. The smallest absolute Gasteiger partial charge is 0.387 e. The van der Waals surface area contributed by atoms with Gasteiger partial charge in [-0.1, -0.05) is 23.2 Å². The lowest BCUT2D eigenvalue weighted by Crippen LogP contribution is -2.02. The predicted octanol–water partition coefficient (Wildman–Crippen LogP) is 3.69. The summed E-state index contributed by atoms with van der Waals surface area (Å²) in [6.45, 7) is -3.02. The van der Waals surface area contributed by atoms with Crippen LogP contribution >= 0.6 is 23.2 Å². The minimum absolute atomic E-state index is 0.105. The molecule has 1 rings (SSSR count). The normalized spacial score (nSPS) is 11.1. The van der Waals surface area contributed by atoms with Crippen LogP contribution in [0.3, 0.4) is 0 Å². The Hall–Kier alpha value is -1.33. The second kappa shape index (κ2) is 5.84. The Morgan fingerprint density at radius 2 is 2.06 bits per heavy atom. The van der Waals surface area contributed by atoms with Crippen molar-refractivity contribution in [2.75, 3.05) is 0 Å². The van der Waals surface area contributed by atoms with Gasteiger partial charge in [-0.15, -0.1) is 0 Å². The van der Waals surface area contributed by atoms with Crippen molar-refractivity contribution in [3.05, 3.63) is 33.8 Å². The van der Waals surface area contributed by atoms with Gasteiger partial charge in [0.05, 0.1) is 5.02 Å². The third-order valence-electron chi connectivity index (χ3n) is 1.70. The van der Waals surface area contributed by atoms with Gasteiger partial charge in [-0.2, -0.15) is 8.78 Å². The fourth-order valence-electron chi connectivity index (χ4n) is 1.04. The molecule has 0 saturated carbocycles. The largest absolute Gasteiger partial charge is 0.478 e. The first-order valence-corrected chi connectivity index (χ1v) is 5.01. The monoisotopic (exact) mass is 282 g/mol. The first kappa shape index (κ1) is 13.7. The van der Waals surface area contributed by atoms with Crippen LogP contribution in [0, 0.1) is 0 Å². The van der Waals surface area contributed by atoms with Crippen molar-refractivity contribution in [3.8, 4) is 5.75 Å². The molecule has 92 valence electrons. The third-order valence-corrected chi connectivity index (χ3v) is 2.42. The minimum atomic E-state index is -3.02. The van der Waals surface area contributed by atoms with Gasteiger partial charge in [-0.3, -0.25) is 0 Å². The van der Waals surface area contributed by atoms with Gasteiger partial charge < -0.3 is 9.84 Å². The molecule has 0 spiro atoms. The molecule has 0 radical (unpaired) electrons. The molecule has 0 saturated heterocycles. The van der Waals surface area contributed by atoms with Gasteiger partial charge in [0.15, 0.2) is 0 Å². The zero-order chi connectivity index (χ0) is 13.0. The molecule has 0 bridgehead atoms. The van der Waals surface area contributed by atoms with Gasteiger partial charge in [0.1, 0.15) is 5.75 Å². The molecule has 0 fully saturated rings. The highest BCUT2D eigenvalue weighted by molar-refractivity contribution is 6.38. The summed E-state index contributed by atoms with van der Waals surface area (Å²) in [5.74, 6) is -1.48. The van der Waals surface area contributed by atoms with Crippen LogP contribution in [0.15, 0.2) is 18.2 Å². The first-order chi connectivity index (χ1) is 7.91. The molecule has 0 aliphatic rings. The number of hydrogen-bond donors (Lipinski definition) is 1. The number of halogens is 4. The number of alkyl halides is 2. The molecule has 0 aromatic heterocycles. The summed E-state index contributed by atoms with van der Waals surface area (Å²) in [5, 5.41) is 8.41. The van der Waals surface area contributed by atoms with E-state index in [-0.39, 0.29) is 21.4 Å². The molecule has 1 N–H and O–H groups in total. The average molecular weight is 283 g/mol. The Kier molecular flexibility index (Phi) is 4.72. The van der Waals surface area contributed by atoms with Crippen LogP contribution in [0.2, 0.25) is 10.0 Å². The van der Waals surface area contributed by atoms with Crippen LogP contribution in [0.1, 0.15) is 5.56 Å². The summed E-state index contributed by atoms with van der Waals surface area (Å²) in [7, 11) is 0. The molecule has 0 atom stereocenters. The molecule has 0 amide bonds. The van der Waals surface area contributed by atoms with Crippen molar-refractivity contribution in [1.82, 2.24) is 0 Å². The Morgan fingerprint density at radius 1 is 1.41 bits per heavy atom. The SMILES string of the molecule is O=C(O)C=Cc1c(Cl)ccc(OC(F)F)c1Cl. The van der Waals surface area contributed by atoms with Crippen LogP contribution in [0.5, 0.6) is 5.75 Å². The van der Waals surface area contributed by atoms with Crippen LogP contribution in [0.4, 0.5) is 8.78 Å². The number of hydrogen-bond acceptors (Lipinski definition) is 2. The molecular formula is C10H6Cl2F2O3. The van der Waals surface area contributed by atoms with E-state index >= 15 is 0 Å². The van der Waals surface area contributed by atoms with Crippen LogP contribution in [-0.2, 0) is 4.79 Å². The number of benzene rings is 1. The zero-order valence-corrected chi connectivity index (χ0v) is 9.67. The molecule has 0 aliphatic carbocycles. The van der Waals surface area contributed by atoms with Gasteiger partial charge in [0.2, 0.25) is 0 Å². The van der Waals surface area contributed by atoms with Gasteiger partial charge >= 0.3 is 12.6 Å². The maximum absolute atomic E-state index is 12.0. The quantitative estimate of drug-likeness (QED) is 0.857. The van der Waals surface area contributed by atoms with Crippen molar-refractivity contribution < 1.29 is 23.4 Å². The zero-order valence-electron chi connectivity index (χ0n) is 8.16. The lowest BCUT2D eigenvalue weighted by molar-refractivity contribution is -0.131. The van der Waals surface area contributed by atoms with E-state index < -0.39 is 12.6 Å². The topological polar surface area (TPSA) is 46.5 Å². The Balaban J connectivity index is 3.15. The van der Waals surface area contributed by atoms with Crippen molar-refractivity contribution in [1.29, 1.82) is 0 Å². The molecule has 1 aromatic carbocycles. The molecule has 17 heavy (non-hydrogen) atoms. The average Bonchev–Trinajstić information content (AvgIpc) is 2.21. The van der Waals surface area contributed by atoms with Crippen LogP contribution < -0.4 is 4.74 Å². The molecule has 1 aromatic rings. The second-order valence-corrected chi connectivity index (χ2v) is 3.61. The first-order valence-electron chi connectivity index (χ1n) is 4.25. The minimum Gasteiger partial charge on any atom is -0.478 e. The van der Waals surface area contributed by atoms with Crippen molar-refractivity contribution in [3.63, 3.8) is 0 Å². The number of carboxylic acid groups (broad SMARTS) is 1. The Bertz CT molecular complexity index is 461. The van der Waals surface area contributed by atoms with Gasteiger partial charge in [0.25, 0.3) is 0 Å². The van der Waals surface area contributed by atoms with Crippen molar-refractivity contribution >= 4 is 35.2 Å². The Labute approximate surface area is 105 Å². The lowest BCUT2D eigenvalue weighted by Gasteiger charge is -2.09. The summed E-state index contributed by atoms with van der Waals surface area (Å²) in [6.07, 6.45) is 1.89. The number of aliphatic carboxylic acids is 1. The predicted molar refractivity (Wildman–Crippen MR) is 59.8 cm³/mol. The highest BCUT2D eigenvalue weighted by Crippen LogP contribution is 2.35. The maximum atomic E-state index is 12.0. The fourth-order valence-corrected chi connectivity index (χ4v) is 1.58. The number of ether oxygens (including phenoxy) is 1. The molecular weight excluding hydrogens is 277 g/mol. The molecule has 0 heterocycles. The fraction of sp³-hybridized carbons (Fsp3) is 0.100. The molecule has 3 nitrogen and oxygen atoms in total. The van der Waals surface area contributed by atoms with Gasteiger partial charge in [-0.05, 0) is 18.2 Å². The van der Waals surface area contributed by atoms with E-state index in [1.54, 1.807) is 0 Å². The summed E-state index contributed by atoms with van der Waals surface area (Å²) in [4.78, 5) is 10.3. The number of rotatable bonds is 4. The van der Waals surface area contributed by atoms with Gasteiger partial charge in [0, 0.05) is 16.7 Å². The second-order valence-electron chi connectivity index (χ2n) is 2.82. The summed E-state index contributed by atoms with van der Waals surface area (Å²) >= 11 is 11.5. The molecule has 0 aliphatic heterocycles. The Morgan fingerprint density at radius 3 is 2.59 bits per heavy atom. The summed E-state index contributed by atoms with van der Waals surface area (Å²) < 4.78 is 28.2. The third kappa shape index (κ3) is 3.87. The van der Waals surface area contributed by atoms with Crippen molar-refractivity contribution in [2.24, 2.45) is 0 Å². The van der Waals surface area contributed by atoms with E-state index in [0.717, 1.165) is 12.2 Å². The van der Waals surface area contributed by atoms with Crippen molar-refractivity contribution in [2.45, 2.75) is 6.61 Å². The molecule has 7 heteroatoms. The van der Waals surface area contributed by atoms with Crippen LogP contribution in [-0.4, -0.2) is 17.7 Å². The molecule has 0 unspecified atom stereocenters. The van der Waals surface area contributed by atoms with E-state index in [1.807, 2.05) is 0 Å². The lowest BCUT2D eigenvalue weighted by atomic mass is 10.2. The van der Waals surface area contributed by atoms with Gasteiger partial charge in [-0.25, -0.2) is 4.79 Å². The summed E-state index contributed by atoms with van der Waals surface area (Å²) in [6, 6.07) is 2.46. The van der Waals surface area contributed by atoms with Crippen LogP contribution in [0.25, 0.3) is 6.08 Å². The van der Waals surface area contributed by atoms with E-state index in [4.69, 9.17) is 28.3 Å². The highest BCUT2D eigenvalue weighted by Gasteiger charge is 2.13. The van der Waals surface area contributed by atoms with E-state index in [1.165, 1.54) is 12.1 Å². The standard InChI is InChI=1S/C10H6Cl2F2O3/c11-6-2-3-7(17-10(13)14)9(12)5(6)1-4-8(15)16/h1-4,10H,(H,15,16). The number of carbonyl (C=O) groups is 1.